The van der Waals surface area contributed by atoms with Crippen molar-refractivity contribution in [3.63, 3.8) is 0 Å². The first-order chi connectivity index (χ1) is 5.23. The van der Waals surface area contributed by atoms with Crippen molar-refractivity contribution < 1.29 is 4.74 Å². The Hall–Kier alpha value is 0.440. The quantitative estimate of drug-likeness (QED) is 0.567. The Morgan fingerprint density at radius 2 is 1.73 bits per heavy atom. The molecule has 11 heavy (non-hydrogen) atoms. The Bertz CT molecular complexity index is 155. The van der Waals surface area contributed by atoms with E-state index < -0.39 is 0 Å². The molecule has 2 saturated carbocycles. The normalized spacial score (nSPS) is 60.3. The molecule has 0 radical (unpaired) electrons. The van der Waals surface area contributed by atoms with E-state index in [4.69, 9.17) is 4.74 Å². The summed E-state index contributed by atoms with van der Waals surface area (Å²) in [5, 5.41) is 0. The third-order valence-electron chi connectivity index (χ3n) is 3.42. The van der Waals surface area contributed by atoms with Crippen molar-refractivity contribution in [3.8, 4) is 0 Å². The molecule has 0 aromatic rings. The third-order valence-corrected chi connectivity index (χ3v) is 4.26. The molecule has 2 aliphatic carbocycles. The van der Waals surface area contributed by atoms with Crippen LogP contribution in [0.2, 0.25) is 0 Å². The van der Waals surface area contributed by atoms with E-state index in [1.165, 1.54) is 32.1 Å². The van der Waals surface area contributed by atoms with Crippen LogP contribution in [-0.2, 0) is 4.74 Å². The lowest BCUT2D eigenvalue weighted by atomic mass is 9.67. The summed E-state index contributed by atoms with van der Waals surface area (Å²) in [6.07, 6.45) is 7.28. The predicted molar refractivity (Wildman–Crippen MR) is 46.6 cm³/mol. The minimum Gasteiger partial charge on any atom is -0.360 e. The van der Waals surface area contributed by atoms with E-state index in [-0.39, 0.29) is 4.51 Å². The lowest BCUT2D eigenvalue weighted by Gasteiger charge is -2.53. The summed E-state index contributed by atoms with van der Waals surface area (Å²) in [5.74, 6) is 1.95. The molecule has 62 valence electrons. The van der Waals surface area contributed by atoms with Crippen molar-refractivity contribution in [1.29, 1.82) is 0 Å². The van der Waals surface area contributed by atoms with Crippen LogP contribution in [0.3, 0.4) is 0 Å². The van der Waals surface area contributed by atoms with Crippen LogP contribution in [0.15, 0.2) is 0 Å². The van der Waals surface area contributed by atoms with E-state index in [0.717, 1.165) is 11.8 Å². The maximum atomic E-state index is 5.93. The maximum Gasteiger partial charge on any atom is 0.123 e. The summed E-state index contributed by atoms with van der Waals surface area (Å²) in [4.78, 5) is 0. The van der Waals surface area contributed by atoms with Crippen LogP contribution < -0.4 is 0 Å². The van der Waals surface area contributed by atoms with Gasteiger partial charge in [-0.1, -0.05) is 15.9 Å². The van der Waals surface area contributed by atoms with E-state index >= 15 is 0 Å². The number of ether oxygens (including phenoxy) is 1. The van der Waals surface area contributed by atoms with E-state index in [9.17, 15) is 0 Å². The Morgan fingerprint density at radius 1 is 1.09 bits per heavy atom. The molecule has 2 unspecified atom stereocenters. The molecule has 4 aliphatic rings. The van der Waals surface area contributed by atoms with E-state index in [1.807, 2.05) is 0 Å². The molecule has 0 amide bonds. The molecule has 0 aromatic heterocycles. The predicted octanol–water partition coefficient (Wildman–Crippen LogP) is 2.69. The average Bonchev–Trinajstić information content (AvgIpc) is 1.79. The molecule has 4 rings (SSSR count). The van der Waals surface area contributed by atoms with Crippen molar-refractivity contribution in [2.75, 3.05) is 0 Å². The molecule has 4 fully saturated rings. The first kappa shape index (κ1) is 6.90. The summed E-state index contributed by atoms with van der Waals surface area (Å²) < 4.78 is 6.04. The fourth-order valence-electron chi connectivity index (χ4n) is 3.27. The highest BCUT2D eigenvalue weighted by atomic mass is 79.9. The minimum atomic E-state index is 0.113. The second kappa shape index (κ2) is 2.02. The molecule has 0 spiro atoms. The maximum absolute atomic E-state index is 5.93. The Morgan fingerprint density at radius 3 is 2.18 bits per heavy atom. The van der Waals surface area contributed by atoms with Gasteiger partial charge in [0.1, 0.15) is 4.51 Å². The van der Waals surface area contributed by atoms with Crippen molar-refractivity contribution >= 4 is 15.9 Å². The van der Waals surface area contributed by atoms with Crippen LogP contribution >= 0.6 is 15.9 Å². The molecule has 4 atom stereocenters. The molecule has 2 heterocycles. The van der Waals surface area contributed by atoms with Gasteiger partial charge in [-0.2, -0.15) is 0 Å². The van der Waals surface area contributed by atoms with Gasteiger partial charge in [0, 0.05) is 0 Å². The number of hydrogen-bond acceptors (Lipinski definition) is 1. The zero-order chi connectivity index (χ0) is 7.47. The first-order valence-electron chi connectivity index (χ1n) is 4.60. The molecule has 0 N–H and O–H groups in total. The zero-order valence-corrected chi connectivity index (χ0v) is 8.14. The number of alkyl halides is 1. The second-order valence-electron chi connectivity index (χ2n) is 4.47. The highest BCUT2D eigenvalue weighted by Gasteiger charge is 2.50. The van der Waals surface area contributed by atoms with Gasteiger partial charge in [0.05, 0.1) is 6.10 Å². The van der Waals surface area contributed by atoms with Crippen LogP contribution in [0.1, 0.15) is 32.1 Å². The van der Waals surface area contributed by atoms with Crippen LogP contribution in [0.25, 0.3) is 0 Å². The standard InChI is InChI=1S/C9H13BrO/c10-9-4-6-1-7(5-9)3-8(2-6)11-9/h6-8H,1-5H2/t6-,7+,8?,9?. The molecule has 0 aromatic carbocycles. The van der Waals surface area contributed by atoms with Gasteiger partial charge in [0.15, 0.2) is 0 Å². The summed E-state index contributed by atoms with van der Waals surface area (Å²) in [7, 11) is 0. The number of rotatable bonds is 0. The fraction of sp³-hybridized carbons (Fsp3) is 1.00. The number of halogens is 1. The van der Waals surface area contributed by atoms with Gasteiger partial charge in [0.25, 0.3) is 0 Å². The molecule has 2 saturated heterocycles. The van der Waals surface area contributed by atoms with Gasteiger partial charge in [-0.15, -0.1) is 0 Å². The molecule has 2 heteroatoms. The zero-order valence-electron chi connectivity index (χ0n) is 6.55. The molecular formula is C9H13BrO. The highest BCUT2D eigenvalue weighted by molar-refractivity contribution is 9.10. The van der Waals surface area contributed by atoms with Gasteiger partial charge in [-0.3, -0.25) is 0 Å². The van der Waals surface area contributed by atoms with Gasteiger partial charge in [-0.05, 0) is 43.9 Å². The fourth-order valence-corrected chi connectivity index (χ4v) is 4.45. The highest BCUT2D eigenvalue weighted by Crippen LogP contribution is 2.55. The first-order valence-corrected chi connectivity index (χ1v) is 5.39. The van der Waals surface area contributed by atoms with Gasteiger partial charge < -0.3 is 4.74 Å². The largest absolute Gasteiger partial charge is 0.360 e. The number of hydrogen-bond donors (Lipinski definition) is 0. The monoisotopic (exact) mass is 216 g/mol. The molecular weight excluding hydrogens is 204 g/mol. The SMILES string of the molecule is BrC12C[C@@H]3CC(C[C@@H](C3)C1)O2. The van der Waals surface area contributed by atoms with Gasteiger partial charge >= 0.3 is 0 Å². The van der Waals surface area contributed by atoms with Crippen LogP contribution in [0.4, 0.5) is 0 Å². The van der Waals surface area contributed by atoms with E-state index in [0.29, 0.717) is 6.10 Å². The van der Waals surface area contributed by atoms with Crippen molar-refractivity contribution in [2.24, 2.45) is 11.8 Å². The van der Waals surface area contributed by atoms with Crippen molar-refractivity contribution in [1.82, 2.24) is 0 Å². The Kier molecular flexibility index (Phi) is 1.27. The second-order valence-corrected chi connectivity index (χ2v) is 5.92. The van der Waals surface area contributed by atoms with Crippen LogP contribution in [0, 0.1) is 11.8 Å². The van der Waals surface area contributed by atoms with Gasteiger partial charge in [0.2, 0.25) is 0 Å². The summed E-state index contributed by atoms with van der Waals surface area (Å²) >= 11 is 3.74. The molecule has 2 aliphatic heterocycles. The van der Waals surface area contributed by atoms with Crippen LogP contribution in [0.5, 0.6) is 0 Å². The minimum absolute atomic E-state index is 0.113. The van der Waals surface area contributed by atoms with E-state index in [2.05, 4.69) is 15.9 Å². The summed E-state index contributed by atoms with van der Waals surface area (Å²) in [6.45, 7) is 0. The van der Waals surface area contributed by atoms with Gasteiger partial charge in [-0.25, -0.2) is 0 Å². The smallest absolute Gasteiger partial charge is 0.123 e. The Balaban J connectivity index is 1.94. The third kappa shape index (κ3) is 0.988. The Labute approximate surface area is 75.6 Å². The molecule has 4 bridgehead atoms. The summed E-state index contributed by atoms with van der Waals surface area (Å²) in [5.41, 5.74) is 0. The van der Waals surface area contributed by atoms with Crippen LogP contribution in [-0.4, -0.2) is 10.6 Å². The lowest BCUT2D eigenvalue weighted by molar-refractivity contribution is -0.169. The topological polar surface area (TPSA) is 9.23 Å². The van der Waals surface area contributed by atoms with Crippen molar-refractivity contribution in [3.05, 3.63) is 0 Å². The molecule has 1 nitrogen and oxygen atoms in total. The summed E-state index contributed by atoms with van der Waals surface area (Å²) in [6, 6.07) is 0. The van der Waals surface area contributed by atoms with Crippen molar-refractivity contribution in [2.45, 2.75) is 42.7 Å². The average molecular weight is 217 g/mol. The van der Waals surface area contributed by atoms with E-state index in [1.54, 1.807) is 0 Å². The lowest BCUT2D eigenvalue weighted by Crippen LogP contribution is -2.51.